The summed E-state index contributed by atoms with van der Waals surface area (Å²) >= 11 is 0. The first kappa shape index (κ1) is 19.6. The van der Waals surface area contributed by atoms with Crippen LogP contribution >= 0.6 is 0 Å². The second-order valence-electron chi connectivity index (χ2n) is 8.44. The number of nitrogens with zero attached hydrogens (tertiary/aromatic N) is 2. The lowest BCUT2D eigenvalue weighted by molar-refractivity contribution is 0.238. The van der Waals surface area contributed by atoms with Crippen molar-refractivity contribution < 1.29 is 4.74 Å². The summed E-state index contributed by atoms with van der Waals surface area (Å²) in [5.74, 6) is 1.21. The summed E-state index contributed by atoms with van der Waals surface area (Å²) in [5.41, 5.74) is 4.36. The van der Waals surface area contributed by atoms with E-state index in [2.05, 4.69) is 70.6 Å². The Morgan fingerprint density at radius 3 is 2.17 bits per heavy atom. The predicted octanol–water partition coefficient (Wildman–Crippen LogP) is 6.00. The van der Waals surface area contributed by atoms with Gasteiger partial charge in [-0.15, -0.1) is 0 Å². The van der Waals surface area contributed by atoms with E-state index in [-0.39, 0.29) is 0 Å². The molecule has 1 aliphatic carbocycles. The van der Waals surface area contributed by atoms with Crippen LogP contribution in [0.15, 0.2) is 73.2 Å². The van der Waals surface area contributed by atoms with Gasteiger partial charge >= 0.3 is 0 Å². The van der Waals surface area contributed by atoms with E-state index >= 15 is 0 Å². The molecule has 3 heteroatoms. The number of methoxy groups -OCH3 is 1. The molecule has 1 atom stereocenters. The molecular weight excluding hydrogens is 356 g/mol. The van der Waals surface area contributed by atoms with Gasteiger partial charge in [-0.1, -0.05) is 67.1 Å². The summed E-state index contributed by atoms with van der Waals surface area (Å²) < 4.78 is 5.53. The van der Waals surface area contributed by atoms with Gasteiger partial charge in [-0.05, 0) is 61.0 Å². The van der Waals surface area contributed by atoms with Crippen LogP contribution in [0.1, 0.15) is 54.7 Å². The summed E-state index contributed by atoms with van der Waals surface area (Å²) in [6.45, 7) is 0. The maximum atomic E-state index is 5.53. The van der Waals surface area contributed by atoms with Crippen molar-refractivity contribution in [2.45, 2.75) is 50.9 Å². The minimum Gasteiger partial charge on any atom is -0.481 e. The molecule has 3 aromatic rings. The second kappa shape index (κ2) is 9.21. The Labute approximate surface area is 174 Å². The third-order valence-corrected chi connectivity index (χ3v) is 6.46. The van der Waals surface area contributed by atoms with Gasteiger partial charge in [0.15, 0.2) is 0 Å². The summed E-state index contributed by atoms with van der Waals surface area (Å²) in [7, 11) is 1.71. The van der Waals surface area contributed by atoms with Crippen molar-refractivity contribution in [2.75, 3.05) is 7.11 Å². The first-order valence-corrected chi connectivity index (χ1v) is 10.7. The van der Waals surface area contributed by atoms with Crippen LogP contribution in [-0.2, 0) is 12.8 Å². The van der Waals surface area contributed by atoms with E-state index in [1.54, 1.807) is 13.4 Å². The molecule has 1 aromatic heterocycles. The molecule has 0 amide bonds. The molecule has 0 saturated heterocycles. The molecule has 150 valence electrons. The van der Waals surface area contributed by atoms with E-state index in [4.69, 9.17) is 4.74 Å². The molecule has 29 heavy (non-hydrogen) atoms. The zero-order valence-corrected chi connectivity index (χ0v) is 17.3. The Morgan fingerprint density at radius 1 is 0.897 bits per heavy atom. The number of hydrogen-bond donors (Lipinski definition) is 0. The van der Waals surface area contributed by atoms with E-state index < -0.39 is 0 Å². The number of hydrogen-bond acceptors (Lipinski definition) is 3. The van der Waals surface area contributed by atoms with Crippen LogP contribution in [0.3, 0.4) is 0 Å². The predicted molar refractivity (Wildman–Crippen MR) is 117 cm³/mol. The third kappa shape index (κ3) is 4.84. The SMILES string of the molecule is COc1ncncc1C1CCCC(Cc2ccccc2)(Cc2ccccc2)CC1. The fourth-order valence-corrected chi connectivity index (χ4v) is 5.04. The van der Waals surface area contributed by atoms with Gasteiger partial charge < -0.3 is 4.74 Å². The van der Waals surface area contributed by atoms with Crippen molar-refractivity contribution in [3.8, 4) is 5.88 Å². The van der Waals surface area contributed by atoms with Gasteiger partial charge in [0.2, 0.25) is 5.88 Å². The highest BCUT2D eigenvalue weighted by Crippen LogP contribution is 2.46. The molecule has 1 fully saturated rings. The Balaban J connectivity index is 1.59. The lowest BCUT2D eigenvalue weighted by Gasteiger charge is -2.34. The molecule has 0 bridgehead atoms. The van der Waals surface area contributed by atoms with Gasteiger partial charge in [0.05, 0.1) is 7.11 Å². The van der Waals surface area contributed by atoms with Crippen molar-refractivity contribution in [1.82, 2.24) is 9.97 Å². The highest BCUT2D eigenvalue weighted by atomic mass is 16.5. The number of benzene rings is 2. The molecule has 4 rings (SSSR count). The first-order valence-electron chi connectivity index (χ1n) is 10.7. The van der Waals surface area contributed by atoms with E-state index in [0.717, 1.165) is 25.1 Å². The second-order valence-corrected chi connectivity index (χ2v) is 8.44. The fraction of sp³-hybridized carbons (Fsp3) is 0.385. The van der Waals surface area contributed by atoms with Gasteiger partial charge in [0.1, 0.15) is 6.33 Å². The van der Waals surface area contributed by atoms with Gasteiger partial charge in [0, 0.05) is 11.8 Å². The lowest BCUT2D eigenvalue weighted by Crippen LogP contribution is -2.26. The molecule has 3 nitrogen and oxygen atoms in total. The Hall–Kier alpha value is -2.68. The minimum atomic E-state index is 0.292. The Bertz CT molecular complexity index is 853. The summed E-state index contributed by atoms with van der Waals surface area (Å²) in [5, 5.41) is 0. The highest BCUT2D eigenvalue weighted by molar-refractivity contribution is 5.27. The number of rotatable bonds is 6. The van der Waals surface area contributed by atoms with Gasteiger partial charge in [-0.2, -0.15) is 0 Å². The summed E-state index contributed by atoms with van der Waals surface area (Å²) in [6.07, 6.45) is 11.8. The molecule has 2 aromatic carbocycles. The van der Waals surface area contributed by atoms with Crippen LogP contribution < -0.4 is 4.74 Å². The van der Waals surface area contributed by atoms with Crippen molar-refractivity contribution in [1.29, 1.82) is 0 Å². The van der Waals surface area contributed by atoms with Gasteiger partial charge in [-0.3, -0.25) is 0 Å². The molecule has 0 aliphatic heterocycles. The lowest BCUT2D eigenvalue weighted by atomic mass is 9.71. The maximum absolute atomic E-state index is 5.53. The zero-order chi connectivity index (χ0) is 19.9. The Morgan fingerprint density at radius 2 is 1.55 bits per heavy atom. The normalized spacial score (nSPS) is 18.7. The molecule has 0 spiro atoms. The van der Waals surface area contributed by atoms with Crippen molar-refractivity contribution >= 4 is 0 Å². The van der Waals surface area contributed by atoms with Crippen LogP contribution in [0.25, 0.3) is 0 Å². The fourth-order valence-electron chi connectivity index (χ4n) is 5.04. The monoisotopic (exact) mass is 386 g/mol. The molecule has 1 aliphatic rings. The van der Waals surface area contributed by atoms with Gasteiger partial charge in [0.25, 0.3) is 0 Å². The van der Waals surface area contributed by atoms with E-state index in [1.165, 1.54) is 42.4 Å². The molecule has 0 N–H and O–H groups in total. The quantitative estimate of drug-likeness (QED) is 0.487. The standard InChI is InChI=1S/C26H30N2O/c1-29-25-24(19-27-20-28-25)23-13-8-15-26(16-14-23,17-21-9-4-2-5-10-21)18-22-11-6-3-7-12-22/h2-7,9-12,19-20,23H,8,13-18H2,1H3. The first-order chi connectivity index (χ1) is 14.3. The zero-order valence-electron chi connectivity index (χ0n) is 17.3. The van der Waals surface area contributed by atoms with Crippen LogP contribution in [0, 0.1) is 5.41 Å². The Kier molecular flexibility index (Phi) is 6.24. The van der Waals surface area contributed by atoms with Crippen LogP contribution in [-0.4, -0.2) is 17.1 Å². The topological polar surface area (TPSA) is 35.0 Å². The average molecular weight is 387 g/mol. The number of aromatic nitrogens is 2. The molecule has 1 saturated carbocycles. The smallest absolute Gasteiger partial charge is 0.219 e. The van der Waals surface area contributed by atoms with Crippen LogP contribution in [0.2, 0.25) is 0 Å². The van der Waals surface area contributed by atoms with Crippen LogP contribution in [0.4, 0.5) is 0 Å². The molecule has 1 heterocycles. The summed E-state index contributed by atoms with van der Waals surface area (Å²) in [6, 6.07) is 22.0. The van der Waals surface area contributed by atoms with Crippen molar-refractivity contribution in [3.05, 3.63) is 89.9 Å². The van der Waals surface area contributed by atoms with Gasteiger partial charge in [-0.25, -0.2) is 9.97 Å². The molecule has 0 radical (unpaired) electrons. The van der Waals surface area contributed by atoms with Crippen LogP contribution in [0.5, 0.6) is 5.88 Å². The summed E-state index contributed by atoms with van der Waals surface area (Å²) in [4.78, 5) is 8.62. The maximum Gasteiger partial charge on any atom is 0.219 e. The molecular formula is C26H30N2O. The van der Waals surface area contributed by atoms with E-state index in [9.17, 15) is 0 Å². The largest absolute Gasteiger partial charge is 0.481 e. The average Bonchev–Trinajstić information content (AvgIpc) is 2.97. The van der Waals surface area contributed by atoms with Crippen molar-refractivity contribution in [3.63, 3.8) is 0 Å². The van der Waals surface area contributed by atoms with E-state index in [0.29, 0.717) is 11.3 Å². The number of ether oxygens (including phenoxy) is 1. The van der Waals surface area contributed by atoms with Crippen molar-refractivity contribution in [2.24, 2.45) is 5.41 Å². The highest BCUT2D eigenvalue weighted by Gasteiger charge is 2.34. The molecule has 1 unspecified atom stereocenters. The third-order valence-electron chi connectivity index (χ3n) is 6.46. The minimum absolute atomic E-state index is 0.292. The van der Waals surface area contributed by atoms with E-state index in [1.807, 2.05) is 6.20 Å².